The predicted octanol–water partition coefficient (Wildman–Crippen LogP) is -1.05. The number of carbonyl (C=O) groups is 3. The van der Waals surface area contributed by atoms with Crippen LogP contribution in [-0.4, -0.2) is 60.1 Å². The molecular formula is C11H22N4O4. The first-order chi connectivity index (χ1) is 8.73. The molecule has 0 aliphatic carbocycles. The first-order valence-corrected chi connectivity index (χ1v) is 5.99. The van der Waals surface area contributed by atoms with Crippen molar-refractivity contribution in [2.45, 2.75) is 32.4 Å². The molecule has 0 rings (SSSR count). The second kappa shape index (κ2) is 8.30. The highest BCUT2D eigenvalue weighted by atomic mass is 16.4. The van der Waals surface area contributed by atoms with Gasteiger partial charge >= 0.3 is 12.0 Å². The number of carboxylic acids is 1. The van der Waals surface area contributed by atoms with Crippen LogP contribution >= 0.6 is 0 Å². The number of hydrogen-bond donors (Lipinski definition) is 4. The van der Waals surface area contributed by atoms with Gasteiger partial charge in [0.1, 0.15) is 6.04 Å². The first-order valence-electron chi connectivity index (χ1n) is 5.99. The number of amides is 3. The van der Waals surface area contributed by atoms with Crippen molar-refractivity contribution in [3.8, 4) is 0 Å². The summed E-state index contributed by atoms with van der Waals surface area (Å²) < 4.78 is 0. The van der Waals surface area contributed by atoms with E-state index in [9.17, 15) is 14.4 Å². The van der Waals surface area contributed by atoms with Crippen LogP contribution in [0.4, 0.5) is 4.79 Å². The Labute approximate surface area is 112 Å². The van der Waals surface area contributed by atoms with Crippen LogP contribution in [0.15, 0.2) is 0 Å². The molecule has 0 aromatic rings. The van der Waals surface area contributed by atoms with Gasteiger partial charge in [0.2, 0.25) is 5.91 Å². The standard InChI is InChI=1S/C11H22N4O4/c1-7(2)15(3)5-4-13-11(19)14-8(10(17)18)6-9(12)16/h7-8H,4-6H2,1-3H3,(H2,12,16)(H,17,18)(H2,13,14,19)/t8-/m0/s1. The number of likely N-dealkylation sites (N-methyl/N-ethyl adjacent to an activating group) is 1. The fourth-order valence-electron chi connectivity index (χ4n) is 1.21. The summed E-state index contributed by atoms with van der Waals surface area (Å²) in [5.74, 6) is -2.08. The Morgan fingerprint density at radius 1 is 1.32 bits per heavy atom. The Bertz CT molecular complexity index is 333. The van der Waals surface area contributed by atoms with Crippen LogP contribution in [0, 0.1) is 0 Å². The molecule has 0 bridgehead atoms. The third-order valence-electron chi connectivity index (χ3n) is 2.64. The average molecular weight is 274 g/mol. The van der Waals surface area contributed by atoms with Crippen molar-refractivity contribution in [1.29, 1.82) is 0 Å². The van der Waals surface area contributed by atoms with E-state index < -0.39 is 30.4 Å². The topological polar surface area (TPSA) is 125 Å². The van der Waals surface area contributed by atoms with Crippen LogP contribution in [-0.2, 0) is 9.59 Å². The van der Waals surface area contributed by atoms with Gasteiger partial charge in [-0.1, -0.05) is 0 Å². The summed E-state index contributed by atoms with van der Waals surface area (Å²) in [6.45, 7) is 5.06. The molecule has 0 saturated heterocycles. The van der Waals surface area contributed by atoms with Crippen LogP contribution in [0.25, 0.3) is 0 Å². The maximum Gasteiger partial charge on any atom is 0.326 e. The fraction of sp³-hybridized carbons (Fsp3) is 0.727. The molecule has 0 radical (unpaired) electrons. The van der Waals surface area contributed by atoms with Gasteiger partial charge < -0.3 is 26.4 Å². The minimum atomic E-state index is -1.31. The largest absolute Gasteiger partial charge is 0.480 e. The number of urea groups is 1. The van der Waals surface area contributed by atoms with Crippen molar-refractivity contribution in [2.75, 3.05) is 20.1 Å². The quantitative estimate of drug-likeness (QED) is 0.449. The van der Waals surface area contributed by atoms with Gasteiger partial charge in [-0.2, -0.15) is 0 Å². The molecule has 0 fully saturated rings. The number of primary amides is 1. The molecule has 0 spiro atoms. The molecular weight excluding hydrogens is 252 g/mol. The molecule has 19 heavy (non-hydrogen) atoms. The van der Waals surface area contributed by atoms with E-state index in [1.54, 1.807) is 0 Å². The second-order valence-electron chi connectivity index (χ2n) is 4.54. The summed E-state index contributed by atoms with van der Waals surface area (Å²) in [5, 5.41) is 13.5. The molecule has 5 N–H and O–H groups in total. The molecule has 0 aromatic heterocycles. The molecule has 0 unspecified atom stereocenters. The van der Waals surface area contributed by atoms with E-state index in [-0.39, 0.29) is 0 Å². The van der Waals surface area contributed by atoms with Crippen molar-refractivity contribution < 1.29 is 19.5 Å². The highest BCUT2D eigenvalue weighted by Gasteiger charge is 2.21. The van der Waals surface area contributed by atoms with Crippen LogP contribution in [0.2, 0.25) is 0 Å². The van der Waals surface area contributed by atoms with Gasteiger partial charge in [0.25, 0.3) is 0 Å². The van der Waals surface area contributed by atoms with Gasteiger partial charge in [0, 0.05) is 19.1 Å². The van der Waals surface area contributed by atoms with E-state index >= 15 is 0 Å². The molecule has 0 aromatic carbocycles. The van der Waals surface area contributed by atoms with Crippen molar-refractivity contribution >= 4 is 17.9 Å². The SMILES string of the molecule is CC(C)N(C)CCNC(=O)N[C@@H](CC(N)=O)C(=O)O. The molecule has 1 atom stereocenters. The third-order valence-corrected chi connectivity index (χ3v) is 2.64. The van der Waals surface area contributed by atoms with E-state index in [2.05, 4.69) is 10.6 Å². The monoisotopic (exact) mass is 274 g/mol. The zero-order chi connectivity index (χ0) is 15.0. The van der Waals surface area contributed by atoms with Gasteiger partial charge in [0.05, 0.1) is 6.42 Å². The van der Waals surface area contributed by atoms with E-state index in [0.29, 0.717) is 19.1 Å². The lowest BCUT2D eigenvalue weighted by Gasteiger charge is -2.21. The fourth-order valence-corrected chi connectivity index (χ4v) is 1.21. The lowest BCUT2D eigenvalue weighted by Crippen LogP contribution is -2.49. The number of rotatable bonds is 8. The Balaban J connectivity index is 4.07. The van der Waals surface area contributed by atoms with Gasteiger partial charge in [-0.3, -0.25) is 4.79 Å². The maximum atomic E-state index is 11.4. The van der Waals surface area contributed by atoms with Gasteiger partial charge in [0.15, 0.2) is 0 Å². The molecule has 110 valence electrons. The van der Waals surface area contributed by atoms with Crippen LogP contribution in [0.5, 0.6) is 0 Å². The van der Waals surface area contributed by atoms with Gasteiger partial charge in [-0.25, -0.2) is 9.59 Å². The van der Waals surface area contributed by atoms with Crippen LogP contribution < -0.4 is 16.4 Å². The summed E-state index contributed by atoms with van der Waals surface area (Å²) in [7, 11) is 1.91. The Morgan fingerprint density at radius 2 is 1.89 bits per heavy atom. The molecule has 0 aliphatic heterocycles. The lowest BCUT2D eigenvalue weighted by atomic mass is 10.2. The second-order valence-corrected chi connectivity index (χ2v) is 4.54. The highest BCUT2D eigenvalue weighted by Crippen LogP contribution is 1.92. The van der Waals surface area contributed by atoms with Crippen LogP contribution in [0.3, 0.4) is 0 Å². The molecule has 3 amide bonds. The van der Waals surface area contributed by atoms with Crippen LogP contribution in [0.1, 0.15) is 20.3 Å². The normalized spacial score (nSPS) is 12.3. The zero-order valence-corrected chi connectivity index (χ0v) is 11.5. The molecule has 0 saturated carbocycles. The molecule has 0 aliphatic rings. The van der Waals surface area contributed by atoms with E-state index in [0.717, 1.165) is 0 Å². The number of carbonyl (C=O) groups excluding carboxylic acids is 2. The van der Waals surface area contributed by atoms with Crippen molar-refractivity contribution in [3.63, 3.8) is 0 Å². The zero-order valence-electron chi connectivity index (χ0n) is 11.5. The van der Waals surface area contributed by atoms with E-state index in [1.807, 2.05) is 25.8 Å². The average Bonchev–Trinajstić information content (AvgIpc) is 2.26. The smallest absolute Gasteiger partial charge is 0.326 e. The minimum Gasteiger partial charge on any atom is -0.480 e. The summed E-state index contributed by atoms with van der Waals surface area (Å²) in [4.78, 5) is 34.9. The number of nitrogens with zero attached hydrogens (tertiary/aromatic N) is 1. The molecule has 8 nitrogen and oxygen atoms in total. The Hall–Kier alpha value is -1.83. The Morgan fingerprint density at radius 3 is 2.32 bits per heavy atom. The van der Waals surface area contributed by atoms with Crippen molar-refractivity contribution in [3.05, 3.63) is 0 Å². The van der Waals surface area contributed by atoms with E-state index in [1.165, 1.54) is 0 Å². The summed E-state index contributed by atoms with van der Waals surface area (Å²) in [5.41, 5.74) is 4.90. The summed E-state index contributed by atoms with van der Waals surface area (Å²) in [6.07, 6.45) is -0.436. The summed E-state index contributed by atoms with van der Waals surface area (Å²) in [6, 6.07) is -1.59. The number of nitrogens with two attached hydrogens (primary N) is 1. The summed E-state index contributed by atoms with van der Waals surface area (Å²) >= 11 is 0. The highest BCUT2D eigenvalue weighted by molar-refractivity contribution is 5.87. The minimum absolute atomic E-state index is 0.353. The molecule has 0 heterocycles. The lowest BCUT2D eigenvalue weighted by molar-refractivity contribution is -0.140. The first kappa shape index (κ1) is 17.2. The van der Waals surface area contributed by atoms with E-state index in [4.69, 9.17) is 10.8 Å². The van der Waals surface area contributed by atoms with Gasteiger partial charge in [-0.15, -0.1) is 0 Å². The number of aliphatic carboxylic acids is 1. The predicted molar refractivity (Wildman–Crippen MR) is 69.5 cm³/mol. The van der Waals surface area contributed by atoms with Gasteiger partial charge in [-0.05, 0) is 20.9 Å². The third kappa shape index (κ3) is 7.98. The number of hydrogen-bond acceptors (Lipinski definition) is 4. The number of carboxylic acid groups (broad SMARTS) is 1. The molecule has 8 heteroatoms. The van der Waals surface area contributed by atoms with Crippen molar-refractivity contribution in [1.82, 2.24) is 15.5 Å². The maximum absolute atomic E-state index is 11.4. The Kier molecular flexibility index (Phi) is 7.50. The number of nitrogens with one attached hydrogen (secondary N) is 2. The van der Waals surface area contributed by atoms with Crippen molar-refractivity contribution in [2.24, 2.45) is 5.73 Å².